The number of fused-ring (bicyclic) bond motifs is 1. The monoisotopic (exact) mass is 610 g/mol. The Balaban J connectivity index is 1.60. The number of aliphatic imine (C=N–C) groups is 2. The van der Waals surface area contributed by atoms with Crippen molar-refractivity contribution in [3.63, 3.8) is 0 Å². The van der Waals surface area contributed by atoms with Crippen LogP contribution >= 0.6 is 0 Å². The number of methoxy groups -OCH3 is 2. The number of carbonyl (C=O) groups is 4. The van der Waals surface area contributed by atoms with E-state index in [1.807, 2.05) is 39.8 Å². The summed E-state index contributed by atoms with van der Waals surface area (Å²) in [7, 11) is 2.67. The Morgan fingerprint density at radius 3 is 2.40 bits per heavy atom. The van der Waals surface area contributed by atoms with Crippen LogP contribution in [0.25, 0.3) is 17.7 Å². The maximum Gasteiger partial charge on any atom is 0.356 e. The normalized spacial score (nSPS) is 20.7. The van der Waals surface area contributed by atoms with Gasteiger partial charge in [-0.3, -0.25) is 14.4 Å². The molecule has 45 heavy (non-hydrogen) atoms. The second kappa shape index (κ2) is 12.3. The number of aromatic nitrogens is 2. The summed E-state index contributed by atoms with van der Waals surface area (Å²) in [6.45, 7) is 13.6. The smallest absolute Gasteiger partial charge is 0.356 e. The van der Waals surface area contributed by atoms with E-state index in [1.54, 1.807) is 6.08 Å². The standard InChI is InChI=1S/C35H38N4O6/c1-9-20-16(3)24(14-27-21(10-2)17(4)31(38-27)35(43)45-8)36-26(20)15-25-19(6)30-28(40)13-23(33(30)37-25)32-22(11-12-29(41)44-7)18(5)34(42)39-32/h10,14-15,18,22,36-37H,2,9,11-13H2,1,3-8H3/b25-15+,27-14-. The molecule has 10 heteroatoms. The van der Waals surface area contributed by atoms with E-state index in [9.17, 15) is 19.2 Å². The van der Waals surface area contributed by atoms with Gasteiger partial charge in [0.25, 0.3) is 0 Å². The van der Waals surface area contributed by atoms with Gasteiger partial charge in [0.2, 0.25) is 5.91 Å². The summed E-state index contributed by atoms with van der Waals surface area (Å²) >= 11 is 0. The van der Waals surface area contributed by atoms with Crippen molar-refractivity contribution in [3.05, 3.63) is 73.8 Å². The van der Waals surface area contributed by atoms with Crippen LogP contribution in [0.1, 0.15) is 78.5 Å². The average molecular weight is 611 g/mol. The van der Waals surface area contributed by atoms with Crippen LogP contribution in [0.4, 0.5) is 0 Å². The molecule has 2 aliphatic heterocycles. The number of amides is 1. The number of esters is 2. The molecule has 2 atom stereocenters. The molecular formula is C35H38N4O6. The second-order valence-corrected chi connectivity index (χ2v) is 11.6. The van der Waals surface area contributed by atoms with Crippen molar-refractivity contribution in [2.24, 2.45) is 21.8 Å². The lowest BCUT2D eigenvalue weighted by Gasteiger charge is -2.16. The zero-order valence-corrected chi connectivity index (χ0v) is 26.8. The molecule has 1 amide bonds. The molecule has 4 heterocycles. The molecule has 0 radical (unpaired) electrons. The third kappa shape index (κ3) is 5.38. The van der Waals surface area contributed by atoms with Gasteiger partial charge >= 0.3 is 11.9 Å². The van der Waals surface area contributed by atoms with Gasteiger partial charge in [0.05, 0.1) is 31.0 Å². The Kier molecular flexibility index (Phi) is 8.60. The van der Waals surface area contributed by atoms with E-state index in [0.717, 1.165) is 45.4 Å². The molecule has 0 saturated carbocycles. The number of rotatable bonds is 9. The Labute approximate surface area is 261 Å². The van der Waals surface area contributed by atoms with Crippen LogP contribution in [0.15, 0.2) is 39.5 Å². The molecule has 0 saturated heterocycles. The van der Waals surface area contributed by atoms with Gasteiger partial charge in [0, 0.05) is 58.1 Å². The lowest BCUT2D eigenvalue weighted by molar-refractivity contribution is -0.141. The molecule has 0 fully saturated rings. The van der Waals surface area contributed by atoms with Crippen molar-refractivity contribution in [3.8, 4) is 0 Å². The number of nitrogens with zero attached hydrogens (tertiary/aromatic N) is 2. The average Bonchev–Trinajstić information content (AvgIpc) is 3.77. The zero-order chi connectivity index (χ0) is 32.7. The summed E-state index contributed by atoms with van der Waals surface area (Å²) < 4.78 is 9.71. The summed E-state index contributed by atoms with van der Waals surface area (Å²) in [4.78, 5) is 66.0. The van der Waals surface area contributed by atoms with Crippen LogP contribution in [0, 0.1) is 25.7 Å². The van der Waals surface area contributed by atoms with E-state index in [1.165, 1.54) is 14.2 Å². The first-order valence-corrected chi connectivity index (χ1v) is 15.1. The number of carbonyl (C=O) groups excluding carboxylic acids is 4. The molecule has 2 N–H and O–H groups in total. The van der Waals surface area contributed by atoms with E-state index in [-0.39, 0.29) is 48.0 Å². The molecule has 0 aromatic carbocycles. The number of nitrogens with one attached hydrogen (secondary N) is 2. The zero-order valence-electron chi connectivity index (χ0n) is 26.8. The Hall–Kier alpha value is -4.86. The molecular weight excluding hydrogens is 572 g/mol. The summed E-state index contributed by atoms with van der Waals surface area (Å²) in [6, 6.07) is 0. The molecule has 2 unspecified atom stereocenters. The van der Waals surface area contributed by atoms with Crippen molar-refractivity contribution in [2.45, 2.75) is 60.3 Å². The van der Waals surface area contributed by atoms with E-state index in [4.69, 9.17) is 9.47 Å². The van der Waals surface area contributed by atoms with Gasteiger partial charge in [-0.1, -0.05) is 26.5 Å². The third-order valence-electron chi connectivity index (χ3n) is 9.20. The number of Topliss-reactive ketones (excluding diaryl/α,β-unsaturated/α-hetero) is 1. The molecule has 0 bridgehead atoms. The highest BCUT2D eigenvalue weighted by atomic mass is 16.5. The minimum Gasteiger partial charge on any atom is -0.469 e. The predicted octanol–water partition coefficient (Wildman–Crippen LogP) is 3.75. The highest BCUT2D eigenvalue weighted by Crippen LogP contribution is 2.34. The molecule has 3 aliphatic rings. The van der Waals surface area contributed by atoms with Gasteiger partial charge in [-0.05, 0) is 68.0 Å². The number of H-pyrrole nitrogens is 2. The molecule has 5 rings (SSSR count). The fourth-order valence-corrected chi connectivity index (χ4v) is 6.58. The van der Waals surface area contributed by atoms with Gasteiger partial charge in [0.1, 0.15) is 0 Å². The van der Waals surface area contributed by atoms with Gasteiger partial charge < -0.3 is 19.4 Å². The number of hydrogen-bond acceptors (Lipinski definition) is 7. The minimum absolute atomic E-state index is 0.0294. The van der Waals surface area contributed by atoms with Crippen LogP contribution in [-0.4, -0.2) is 59.2 Å². The number of hydrogen-bond donors (Lipinski definition) is 2. The largest absolute Gasteiger partial charge is 0.469 e. The number of allylic oxidation sites excluding steroid dienone is 1. The van der Waals surface area contributed by atoms with Crippen molar-refractivity contribution in [2.75, 3.05) is 14.2 Å². The highest BCUT2D eigenvalue weighted by molar-refractivity contribution is 6.44. The first-order valence-electron chi connectivity index (χ1n) is 15.1. The fraction of sp³-hybridized carbons (Fsp3) is 0.371. The van der Waals surface area contributed by atoms with Gasteiger partial charge in [-0.2, -0.15) is 0 Å². The third-order valence-corrected chi connectivity index (χ3v) is 9.20. The maximum absolute atomic E-state index is 13.3. The van der Waals surface area contributed by atoms with E-state index >= 15 is 0 Å². The number of ketones is 1. The van der Waals surface area contributed by atoms with E-state index in [2.05, 4.69) is 33.5 Å². The molecule has 0 spiro atoms. The summed E-state index contributed by atoms with van der Waals surface area (Å²) in [5, 5.41) is 1.46. The second-order valence-electron chi connectivity index (χ2n) is 11.6. The molecule has 2 aromatic heterocycles. The van der Waals surface area contributed by atoms with E-state index < -0.39 is 5.97 Å². The predicted molar refractivity (Wildman–Crippen MR) is 172 cm³/mol. The minimum atomic E-state index is -0.500. The SMILES string of the molecule is C=CC1=C(C)C(C(=O)OC)=N/C1=C\c1[nH]c(/C=c2/[nH]c3c(c2C)C(=O)CC=3C2=NC(=O)C(C)C2CCC(=O)OC)c(CC)c1C. The van der Waals surface area contributed by atoms with Gasteiger partial charge in [-0.25, -0.2) is 14.8 Å². The summed E-state index contributed by atoms with van der Waals surface area (Å²) in [5.41, 5.74) is 8.94. The number of ether oxygens (including phenoxy) is 2. The number of aromatic amines is 2. The lowest BCUT2D eigenvalue weighted by atomic mass is 9.84. The fourth-order valence-electron chi connectivity index (χ4n) is 6.58. The molecule has 1 aliphatic carbocycles. The summed E-state index contributed by atoms with van der Waals surface area (Å²) in [5.74, 6) is -1.77. The van der Waals surface area contributed by atoms with Crippen molar-refractivity contribution < 1.29 is 28.7 Å². The van der Waals surface area contributed by atoms with Crippen molar-refractivity contribution >= 4 is 52.8 Å². The van der Waals surface area contributed by atoms with E-state index in [0.29, 0.717) is 39.9 Å². The maximum atomic E-state index is 13.3. The van der Waals surface area contributed by atoms with Crippen LogP contribution in [0.3, 0.4) is 0 Å². The Bertz CT molecular complexity index is 1930. The van der Waals surface area contributed by atoms with Gasteiger partial charge in [0.15, 0.2) is 11.5 Å². The summed E-state index contributed by atoms with van der Waals surface area (Å²) in [6.07, 6.45) is 7.08. The van der Waals surface area contributed by atoms with Crippen LogP contribution in [-0.2, 0) is 30.3 Å². The van der Waals surface area contributed by atoms with Crippen molar-refractivity contribution in [1.82, 2.24) is 9.97 Å². The van der Waals surface area contributed by atoms with Crippen molar-refractivity contribution in [1.29, 1.82) is 0 Å². The first-order chi connectivity index (χ1) is 21.4. The van der Waals surface area contributed by atoms with Gasteiger partial charge in [-0.15, -0.1) is 0 Å². The lowest BCUT2D eigenvalue weighted by Crippen LogP contribution is -2.24. The van der Waals surface area contributed by atoms with Crippen LogP contribution in [0.2, 0.25) is 0 Å². The first kappa shape index (κ1) is 31.6. The highest BCUT2D eigenvalue weighted by Gasteiger charge is 2.39. The quantitative estimate of drug-likeness (QED) is 0.414. The van der Waals surface area contributed by atoms with Crippen LogP contribution < -0.4 is 10.7 Å². The molecule has 2 aromatic rings. The topological polar surface area (TPSA) is 143 Å². The molecule has 10 nitrogen and oxygen atoms in total. The Morgan fingerprint density at radius 2 is 1.76 bits per heavy atom. The Morgan fingerprint density at radius 1 is 1.02 bits per heavy atom. The molecule has 234 valence electrons. The van der Waals surface area contributed by atoms with Crippen LogP contribution in [0.5, 0.6) is 0 Å².